The molecule has 5 rings (SSSR count). The first kappa shape index (κ1) is 15.9. The molecule has 1 atom stereocenters. The van der Waals surface area contributed by atoms with E-state index in [9.17, 15) is 0 Å². The van der Waals surface area contributed by atoms with Crippen LogP contribution in [0.1, 0.15) is 42.0 Å². The molecule has 26 heavy (non-hydrogen) atoms. The Hall–Kier alpha value is -2.33. The number of likely N-dealkylation sites (tertiary alicyclic amines) is 1. The molecule has 0 aliphatic carbocycles. The largest absolute Gasteiger partial charge is 0.466 e. The predicted octanol–water partition coefficient (Wildman–Crippen LogP) is 3.96. The third kappa shape index (κ3) is 2.43. The number of para-hydroxylation sites is 1. The van der Waals surface area contributed by atoms with Gasteiger partial charge in [0.05, 0.1) is 11.8 Å². The molecule has 3 aliphatic heterocycles. The van der Waals surface area contributed by atoms with Gasteiger partial charge in [0, 0.05) is 37.9 Å². The zero-order valence-electron chi connectivity index (χ0n) is 15.5. The molecule has 0 saturated carbocycles. The van der Waals surface area contributed by atoms with Gasteiger partial charge in [0.15, 0.2) is 0 Å². The van der Waals surface area contributed by atoms with Crippen molar-refractivity contribution >= 4 is 5.71 Å². The number of ether oxygens (including phenoxy) is 1. The van der Waals surface area contributed by atoms with E-state index in [1.165, 1.54) is 22.4 Å². The fraction of sp³-hybridized carbons (Fsp3) is 0.409. The standard InChI is InChI=1S/C22H25N3O/c1-16-7-9-17(10-8-16)19-15-20-18-5-3-4-6-21(18)26-22(25(20)23-19)11-13-24(2)14-12-22/h3-10,20H,11-15H2,1-2H3. The highest BCUT2D eigenvalue weighted by atomic mass is 16.5. The number of piperidine rings is 1. The molecule has 0 radical (unpaired) electrons. The van der Waals surface area contributed by atoms with Crippen molar-refractivity contribution in [1.29, 1.82) is 0 Å². The van der Waals surface area contributed by atoms with Crippen LogP contribution < -0.4 is 4.74 Å². The van der Waals surface area contributed by atoms with Crippen LogP contribution >= 0.6 is 0 Å². The van der Waals surface area contributed by atoms with Crippen LogP contribution in [-0.2, 0) is 0 Å². The van der Waals surface area contributed by atoms with Gasteiger partial charge in [-0.3, -0.25) is 0 Å². The van der Waals surface area contributed by atoms with Crippen molar-refractivity contribution in [2.24, 2.45) is 5.10 Å². The normalized spacial score (nSPS) is 24.0. The topological polar surface area (TPSA) is 28.1 Å². The van der Waals surface area contributed by atoms with Gasteiger partial charge in [-0.15, -0.1) is 0 Å². The molecule has 1 unspecified atom stereocenters. The van der Waals surface area contributed by atoms with E-state index in [2.05, 4.69) is 72.4 Å². The third-order valence-electron chi connectivity index (χ3n) is 6.06. The SMILES string of the molecule is Cc1ccc(C2=NN3C(C2)c2ccccc2OC32CCN(C)CC2)cc1. The first-order valence-corrected chi connectivity index (χ1v) is 9.55. The van der Waals surface area contributed by atoms with Gasteiger partial charge in [-0.2, -0.15) is 5.10 Å². The van der Waals surface area contributed by atoms with Crippen molar-refractivity contribution in [1.82, 2.24) is 9.91 Å². The lowest BCUT2D eigenvalue weighted by atomic mass is 9.91. The lowest BCUT2D eigenvalue weighted by molar-refractivity contribution is -0.147. The van der Waals surface area contributed by atoms with Gasteiger partial charge in [0.2, 0.25) is 5.72 Å². The highest BCUT2D eigenvalue weighted by molar-refractivity contribution is 6.02. The van der Waals surface area contributed by atoms with E-state index < -0.39 is 0 Å². The average molecular weight is 347 g/mol. The molecule has 1 saturated heterocycles. The summed E-state index contributed by atoms with van der Waals surface area (Å²) in [6.45, 7) is 4.21. The fourth-order valence-corrected chi connectivity index (χ4v) is 4.45. The molecule has 1 fully saturated rings. The number of benzene rings is 2. The maximum Gasteiger partial charge on any atom is 0.200 e. The van der Waals surface area contributed by atoms with Crippen LogP contribution in [0.25, 0.3) is 0 Å². The van der Waals surface area contributed by atoms with E-state index in [1.807, 2.05) is 0 Å². The summed E-state index contributed by atoms with van der Waals surface area (Å²) in [6.07, 6.45) is 2.92. The van der Waals surface area contributed by atoms with E-state index in [0.717, 1.165) is 38.1 Å². The molecular formula is C22H25N3O. The second-order valence-electron chi connectivity index (χ2n) is 7.87. The minimum atomic E-state index is -0.308. The van der Waals surface area contributed by atoms with Gasteiger partial charge in [-0.25, -0.2) is 5.01 Å². The van der Waals surface area contributed by atoms with E-state index in [-0.39, 0.29) is 11.8 Å². The number of aryl methyl sites for hydroxylation is 1. The van der Waals surface area contributed by atoms with Crippen LogP contribution in [0.4, 0.5) is 0 Å². The van der Waals surface area contributed by atoms with E-state index in [0.29, 0.717) is 0 Å². The minimum absolute atomic E-state index is 0.277. The number of fused-ring (bicyclic) bond motifs is 4. The van der Waals surface area contributed by atoms with Crippen molar-refractivity contribution in [2.75, 3.05) is 20.1 Å². The predicted molar refractivity (Wildman–Crippen MR) is 103 cm³/mol. The van der Waals surface area contributed by atoms with Crippen LogP contribution in [0, 0.1) is 6.92 Å². The Balaban J connectivity index is 1.57. The van der Waals surface area contributed by atoms with Crippen molar-refractivity contribution < 1.29 is 4.74 Å². The monoisotopic (exact) mass is 347 g/mol. The minimum Gasteiger partial charge on any atom is -0.466 e. The molecule has 134 valence electrons. The molecule has 3 heterocycles. The summed E-state index contributed by atoms with van der Waals surface area (Å²) in [4.78, 5) is 2.38. The Bertz CT molecular complexity index is 850. The Morgan fingerprint density at radius 1 is 1.04 bits per heavy atom. The molecule has 0 aromatic heterocycles. The molecular weight excluding hydrogens is 322 g/mol. The van der Waals surface area contributed by atoms with Gasteiger partial charge < -0.3 is 9.64 Å². The highest BCUT2D eigenvalue weighted by Crippen LogP contribution is 2.49. The Kier molecular flexibility index (Phi) is 3.57. The molecule has 3 aliphatic rings. The van der Waals surface area contributed by atoms with E-state index in [4.69, 9.17) is 9.84 Å². The van der Waals surface area contributed by atoms with Crippen LogP contribution in [0.3, 0.4) is 0 Å². The molecule has 2 aromatic rings. The van der Waals surface area contributed by atoms with Crippen LogP contribution in [-0.4, -0.2) is 41.5 Å². The average Bonchev–Trinajstić information content (AvgIpc) is 3.12. The number of rotatable bonds is 1. The molecule has 4 heteroatoms. The van der Waals surface area contributed by atoms with Gasteiger partial charge >= 0.3 is 0 Å². The Morgan fingerprint density at radius 3 is 2.54 bits per heavy atom. The molecule has 0 amide bonds. The first-order chi connectivity index (χ1) is 12.6. The summed E-state index contributed by atoms with van der Waals surface area (Å²) in [5.41, 5.74) is 4.64. The zero-order chi connectivity index (χ0) is 17.7. The Labute approximate surface area is 155 Å². The highest BCUT2D eigenvalue weighted by Gasteiger charge is 2.51. The molecule has 1 spiro atoms. The zero-order valence-corrected chi connectivity index (χ0v) is 15.5. The number of nitrogens with zero attached hydrogens (tertiary/aromatic N) is 3. The van der Waals surface area contributed by atoms with Gasteiger partial charge in [-0.05, 0) is 25.6 Å². The lowest BCUT2D eigenvalue weighted by Gasteiger charge is -2.50. The Morgan fingerprint density at radius 2 is 1.77 bits per heavy atom. The third-order valence-corrected chi connectivity index (χ3v) is 6.06. The van der Waals surface area contributed by atoms with Crippen molar-refractivity contribution in [3.63, 3.8) is 0 Å². The molecule has 0 bridgehead atoms. The summed E-state index contributed by atoms with van der Waals surface area (Å²) in [5.74, 6) is 1.04. The lowest BCUT2D eigenvalue weighted by Crippen LogP contribution is -2.58. The number of hydrogen-bond acceptors (Lipinski definition) is 4. The van der Waals surface area contributed by atoms with Gasteiger partial charge in [0.1, 0.15) is 5.75 Å². The van der Waals surface area contributed by atoms with Crippen molar-refractivity contribution in [3.8, 4) is 5.75 Å². The summed E-state index contributed by atoms with van der Waals surface area (Å²) in [7, 11) is 2.19. The smallest absolute Gasteiger partial charge is 0.200 e. The number of hydrazone groups is 1. The van der Waals surface area contributed by atoms with Gasteiger partial charge in [-0.1, -0.05) is 48.0 Å². The van der Waals surface area contributed by atoms with Crippen LogP contribution in [0.15, 0.2) is 53.6 Å². The summed E-state index contributed by atoms with van der Waals surface area (Å²) < 4.78 is 6.62. The summed E-state index contributed by atoms with van der Waals surface area (Å²) in [6, 6.07) is 17.5. The van der Waals surface area contributed by atoms with E-state index >= 15 is 0 Å². The quantitative estimate of drug-likeness (QED) is 0.782. The summed E-state index contributed by atoms with van der Waals surface area (Å²) in [5, 5.41) is 7.41. The summed E-state index contributed by atoms with van der Waals surface area (Å²) >= 11 is 0. The molecule has 0 N–H and O–H groups in total. The van der Waals surface area contributed by atoms with E-state index in [1.54, 1.807) is 0 Å². The number of hydrogen-bond donors (Lipinski definition) is 0. The van der Waals surface area contributed by atoms with Crippen LogP contribution in [0.2, 0.25) is 0 Å². The van der Waals surface area contributed by atoms with Crippen LogP contribution in [0.5, 0.6) is 5.75 Å². The maximum atomic E-state index is 6.62. The maximum absolute atomic E-state index is 6.62. The first-order valence-electron chi connectivity index (χ1n) is 9.55. The molecule has 2 aromatic carbocycles. The molecule has 4 nitrogen and oxygen atoms in total. The van der Waals surface area contributed by atoms with Crippen molar-refractivity contribution in [2.45, 2.75) is 38.0 Å². The second-order valence-corrected chi connectivity index (χ2v) is 7.87. The second kappa shape index (κ2) is 5.85. The fourth-order valence-electron chi connectivity index (χ4n) is 4.45. The van der Waals surface area contributed by atoms with Gasteiger partial charge in [0.25, 0.3) is 0 Å². The van der Waals surface area contributed by atoms with Crippen molar-refractivity contribution in [3.05, 3.63) is 65.2 Å².